The lowest BCUT2D eigenvalue weighted by Crippen LogP contribution is -2.46. The molecule has 2 fully saturated rings. The third kappa shape index (κ3) is 4.99. The molecule has 0 bridgehead atoms. The topological polar surface area (TPSA) is 49.9 Å². The summed E-state index contributed by atoms with van der Waals surface area (Å²) >= 11 is 0. The summed E-state index contributed by atoms with van der Waals surface area (Å²) in [6, 6.07) is 0. The van der Waals surface area contributed by atoms with Crippen molar-refractivity contribution in [3.05, 3.63) is 0 Å². The Morgan fingerprint density at radius 3 is 2.33 bits per heavy atom. The van der Waals surface area contributed by atoms with Crippen LogP contribution in [-0.2, 0) is 14.3 Å². The summed E-state index contributed by atoms with van der Waals surface area (Å²) in [4.78, 5) is 28.2. The fourth-order valence-electron chi connectivity index (χ4n) is 3.35. The molecule has 0 radical (unpaired) electrons. The van der Waals surface area contributed by atoms with Gasteiger partial charge in [-0.2, -0.15) is 0 Å². The van der Waals surface area contributed by atoms with Gasteiger partial charge >= 0.3 is 5.97 Å². The monoisotopic (exact) mass is 296 g/mol. The van der Waals surface area contributed by atoms with E-state index in [9.17, 15) is 9.59 Å². The van der Waals surface area contributed by atoms with Crippen molar-refractivity contribution in [2.45, 2.75) is 44.9 Å². The number of hydrogen-bond donors (Lipinski definition) is 0. The van der Waals surface area contributed by atoms with Gasteiger partial charge in [-0.25, -0.2) is 0 Å². The van der Waals surface area contributed by atoms with E-state index in [0.29, 0.717) is 13.1 Å². The van der Waals surface area contributed by atoms with E-state index in [1.54, 1.807) is 0 Å². The second-order valence-corrected chi connectivity index (χ2v) is 6.25. The number of carbonyl (C=O) groups is 2. The van der Waals surface area contributed by atoms with Crippen molar-refractivity contribution in [2.75, 3.05) is 39.8 Å². The molecule has 0 aromatic heterocycles. The predicted molar refractivity (Wildman–Crippen MR) is 80.8 cm³/mol. The number of hydrogen-bond acceptors (Lipinski definition) is 4. The predicted octanol–water partition coefficient (Wildman–Crippen LogP) is 1.66. The number of ether oxygens (including phenoxy) is 1. The van der Waals surface area contributed by atoms with Crippen molar-refractivity contribution in [1.82, 2.24) is 9.80 Å². The molecule has 0 aliphatic carbocycles. The molecule has 1 amide bonds. The maximum absolute atomic E-state index is 12.4. The summed E-state index contributed by atoms with van der Waals surface area (Å²) < 4.78 is 4.83. The zero-order valence-electron chi connectivity index (χ0n) is 13.2. The van der Waals surface area contributed by atoms with Crippen LogP contribution in [0.25, 0.3) is 0 Å². The van der Waals surface area contributed by atoms with Crippen molar-refractivity contribution in [1.29, 1.82) is 0 Å². The van der Waals surface area contributed by atoms with Crippen molar-refractivity contribution in [3.63, 3.8) is 0 Å². The first-order valence-electron chi connectivity index (χ1n) is 8.28. The Bertz CT molecular complexity index is 351. The summed E-state index contributed by atoms with van der Waals surface area (Å²) in [7, 11) is 1.44. The first-order valence-corrected chi connectivity index (χ1v) is 8.28. The van der Waals surface area contributed by atoms with Gasteiger partial charge in [0.2, 0.25) is 5.91 Å². The number of carbonyl (C=O) groups excluding carboxylic acids is 2. The molecule has 0 N–H and O–H groups in total. The number of amides is 1. The molecular weight excluding hydrogens is 268 g/mol. The molecule has 0 aromatic carbocycles. The van der Waals surface area contributed by atoms with Crippen LogP contribution in [0.1, 0.15) is 44.9 Å². The Morgan fingerprint density at radius 1 is 1.00 bits per heavy atom. The minimum absolute atomic E-state index is 0.0658. The largest absolute Gasteiger partial charge is 0.469 e. The first-order chi connectivity index (χ1) is 10.2. The van der Waals surface area contributed by atoms with Gasteiger partial charge in [0, 0.05) is 19.6 Å². The van der Waals surface area contributed by atoms with Crippen molar-refractivity contribution in [2.24, 2.45) is 5.92 Å². The lowest BCUT2D eigenvalue weighted by atomic mass is 9.98. The standard InChI is InChI=1S/C16H28N2O3/c1-21-16(20)14-8-7-9-17(12-14)13-15(19)18-10-5-3-2-4-6-11-18/h14H,2-13H2,1H3/t14-/m0/s1. The average molecular weight is 296 g/mol. The third-order valence-electron chi connectivity index (χ3n) is 4.61. The minimum atomic E-state index is -0.140. The summed E-state index contributed by atoms with van der Waals surface area (Å²) in [5.41, 5.74) is 0. The Balaban J connectivity index is 1.81. The molecule has 5 heteroatoms. The molecule has 0 spiro atoms. The van der Waals surface area contributed by atoms with Crippen LogP contribution in [0.5, 0.6) is 0 Å². The number of piperidine rings is 1. The molecule has 0 saturated carbocycles. The van der Waals surface area contributed by atoms with Crippen LogP contribution in [0.15, 0.2) is 0 Å². The van der Waals surface area contributed by atoms with E-state index in [0.717, 1.165) is 45.3 Å². The van der Waals surface area contributed by atoms with Gasteiger partial charge in [-0.1, -0.05) is 19.3 Å². The molecule has 5 nitrogen and oxygen atoms in total. The third-order valence-corrected chi connectivity index (χ3v) is 4.61. The quantitative estimate of drug-likeness (QED) is 0.743. The van der Waals surface area contributed by atoms with Crippen LogP contribution in [0.3, 0.4) is 0 Å². The lowest BCUT2D eigenvalue weighted by Gasteiger charge is -2.33. The second-order valence-electron chi connectivity index (χ2n) is 6.25. The molecular formula is C16H28N2O3. The highest BCUT2D eigenvalue weighted by Crippen LogP contribution is 2.18. The number of likely N-dealkylation sites (tertiary alicyclic amines) is 2. The number of nitrogens with zero attached hydrogens (tertiary/aromatic N) is 2. The van der Waals surface area contributed by atoms with Gasteiger partial charge in [0.25, 0.3) is 0 Å². The second kappa shape index (κ2) is 8.37. The average Bonchev–Trinajstić information content (AvgIpc) is 2.46. The Labute approximate surface area is 127 Å². The fraction of sp³-hybridized carbons (Fsp3) is 0.875. The number of rotatable bonds is 3. The van der Waals surface area contributed by atoms with Crippen molar-refractivity contribution in [3.8, 4) is 0 Å². The molecule has 120 valence electrons. The molecule has 2 aliphatic rings. The summed E-state index contributed by atoms with van der Waals surface area (Å²) in [6.45, 7) is 3.81. The maximum atomic E-state index is 12.4. The molecule has 2 heterocycles. The van der Waals surface area contributed by atoms with Crippen molar-refractivity contribution < 1.29 is 14.3 Å². The molecule has 1 atom stereocenters. The molecule has 2 saturated heterocycles. The van der Waals surface area contributed by atoms with Gasteiger partial charge in [0.1, 0.15) is 0 Å². The van der Waals surface area contributed by atoms with Crippen LogP contribution in [0.4, 0.5) is 0 Å². The fourth-order valence-corrected chi connectivity index (χ4v) is 3.35. The highest BCUT2D eigenvalue weighted by atomic mass is 16.5. The van der Waals surface area contributed by atoms with Gasteiger partial charge in [-0.15, -0.1) is 0 Å². The van der Waals surface area contributed by atoms with E-state index >= 15 is 0 Å². The minimum Gasteiger partial charge on any atom is -0.469 e. The van der Waals surface area contributed by atoms with E-state index in [-0.39, 0.29) is 17.8 Å². The van der Waals surface area contributed by atoms with Gasteiger partial charge < -0.3 is 9.64 Å². The number of esters is 1. The molecule has 0 aromatic rings. The molecule has 2 aliphatic heterocycles. The van der Waals surface area contributed by atoms with E-state index in [2.05, 4.69) is 4.90 Å². The summed E-state index contributed by atoms with van der Waals surface area (Å²) in [6.07, 6.45) is 7.85. The SMILES string of the molecule is COC(=O)[C@H]1CCCN(CC(=O)N2CCCCCCC2)C1. The maximum Gasteiger partial charge on any atom is 0.309 e. The van der Waals surface area contributed by atoms with Gasteiger partial charge in [0.05, 0.1) is 19.6 Å². The number of methoxy groups -OCH3 is 1. The van der Waals surface area contributed by atoms with Crippen molar-refractivity contribution >= 4 is 11.9 Å². The highest BCUT2D eigenvalue weighted by molar-refractivity contribution is 5.78. The van der Waals surface area contributed by atoms with E-state index in [4.69, 9.17) is 4.74 Å². The van der Waals surface area contributed by atoms with Crippen LogP contribution in [0, 0.1) is 5.92 Å². The van der Waals surface area contributed by atoms with E-state index in [1.807, 2.05) is 4.90 Å². The normalized spacial score (nSPS) is 25.0. The van der Waals surface area contributed by atoms with Crippen LogP contribution in [-0.4, -0.2) is 61.5 Å². The highest BCUT2D eigenvalue weighted by Gasteiger charge is 2.28. The zero-order valence-corrected chi connectivity index (χ0v) is 13.2. The summed E-state index contributed by atoms with van der Waals surface area (Å²) in [5.74, 6) is 0.0182. The molecule has 0 unspecified atom stereocenters. The van der Waals surface area contributed by atoms with E-state index in [1.165, 1.54) is 26.4 Å². The first kappa shape index (κ1) is 16.3. The smallest absolute Gasteiger partial charge is 0.309 e. The van der Waals surface area contributed by atoms with Gasteiger partial charge in [-0.3, -0.25) is 14.5 Å². The van der Waals surface area contributed by atoms with Crippen LogP contribution in [0.2, 0.25) is 0 Å². The molecule has 21 heavy (non-hydrogen) atoms. The van der Waals surface area contributed by atoms with E-state index < -0.39 is 0 Å². The van der Waals surface area contributed by atoms with Gasteiger partial charge in [0.15, 0.2) is 0 Å². The Kier molecular flexibility index (Phi) is 6.49. The zero-order chi connectivity index (χ0) is 15.1. The Hall–Kier alpha value is -1.10. The summed E-state index contributed by atoms with van der Waals surface area (Å²) in [5, 5.41) is 0. The lowest BCUT2D eigenvalue weighted by molar-refractivity contribution is -0.148. The molecule has 2 rings (SSSR count). The van der Waals surface area contributed by atoms with Crippen LogP contribution >= 0.6 is 0 Å². The van der Waals surface area contributed by atoms with Gasteiger partial charge in [-0.05, 0) is 32.2 Å². The van der Waals surface area contributed by atoms with Crippen LogP contribution < -0.4 is 0 Å². The Morgan fingerprint density at radius 2 is 1.67 bits per heavy atom.